The van der Waals surface area contributed by atoms with E-state index >= 15 is 0 Å². The number of nitrogens with two attached hydrogens (primary N) is 1. The predicted molar refractivity (Wildman–Crippen MR) is 70.7 cm³/mol. The van der Waals surface area contributed by atoms with Crippen LogP contribution in [0.2, 0.25) is 0 Å². The quantitative estimate of drug-likeness (QED) is 0.657. The molecule has 2 rings (SSSR count). The molecule has 1 aromatic carbocycles. The van der Waals surface area contributed by atoms with E-state index in [1.54, 1.807) is 0 Å². The molecule has 8 heteroatoms. The molecule has 114 valence electrons. The lowest BCUT2D eigenvalue weighted by Gasteiger charge is -2.29. The maximum atomic E-state index is 13.9. The Balaban J connectivity index is 2.24. The van der Waals surface area contributed by atoms with Crippen molar-refractivity contribution in [2.45, 2.75) is 37.8 Å². The van der Waals surface area contributed by atoms with E-state index in [4.69, 9.17) is 5.73 Å². The van der Waals surface area contributed by atoms with Crippen LogP contribution in [-0.2, 0) is 0 Å². The number of nitro groups is 1. The first kappa shape index (κ1) is 15.3. The normalized spacial score (nSPS) is 21.9. The molecule has 1 amide bonds. The Kier molecular flexibility index (Phi) is 4.46. The highest BCUT2D eigenvalue weighted by atomic mass is 19.1. The van der Waals surface area contributed by atoms with E-state index in [0.717, 1.165) is 19.3 Å². The van der Waals surface area contributed by atoms with Gasteiger partial charge in [-0.1, -0.05) is 12.8 Å². The lowest BCUT2D eigenvalue weighted by atomic mass is 9.91. The lowest BCUT2D eigenvalue weighted by Crippen LogP contribution is -2.49. The third-order valence-corrected chi connectivity index (χ3v) is 3.60. The van der Waals surface area contributed by atoms with E-state index in [9.17, 15) is 23.7 Å². The SMILES string of the molecule is N[C@@H]1CCCC[C@H]1NC(=O)c1cc(F)cc([N+](=O)[O-])c1F. The molecule has 0 bridgehead atoms. The molecule has 0 saturated heterocycles. The van der Waals surface area contributed by atoms with Gasteiger partial charge in [0.15, 0.2) is 0 Å². The van der Waals surface area contributed by atoms with Gasteiger partial charge in [-0.3, -0.25) is 14.9 Å². The molecule has 0 heterocycles. The van der Waals surface area contributed by atoms with Crippen molar-refractivity contribution in [2.75, 3.05) is 0 Å². The molecule has 6 nitrogen and oxygen atoms in total. The van der Waals surface area contributed by atoms with Crippen molar-refractivity contribution in [3.05, 3.63) is 39.4 Å². The summed E-state index contributed by atoms with van der Waals surface area (Å²) in [7, 11) is 0. The summed E-state index contributed by atoms with van der Waals surface area (Å²) in [6.45, 7) is 0. The summed E-state index contributed by atoms with van der Waals surface area (Å²) in [6, 6.07) is 0.493. The summed E-state index contributed by atoms with van der Waals surface area (Å²) in [5.74, 6) is -3.28. The van der Waals surface area contributed by atoms with Gasteiger partial charge in [0, 0.05) is 12.1 Å². The number of carbonyl (C=O) groups excluding carboxylic acids is 1. The lowest BCUT2D eigenvalue weighted by molar-refractivity contribution is -0.387. The summed E-state index contributed by atoms with van der Waals surface area (Å²) < 4.78 is 27.2. The van der Waals surface area contributed by atoms with Crippen molar-refractivity contribution in [3.63, 3.8) is 0 Å². The minimum Gasteiger partial charge on any atom is -0.348 e. The summed E-state index contributed by atoms with van der Waals surface area (Å²) in [6.07, 6.45) is 3.21. The second-order valence-electron chi connectivity index (χ2n) is 5.07. The number of halogens is 2. The molecule has 21 heavy (non-hydrogen) atoms. The highest BCUT2D eigenvalue weighted by molar-refractivity contribution is 5.95. The Labute approximate surface area is 119 Å². The maximum Gasteiger partial charge on any atom is 0.308 e. The Morgan fingerprint density at radius 3 is 2.62 bits per heavy atom. The fourth-order valence-electron chi connectivity index (χ4n) is 2.46. The Morgan fingerprint density at radius 2 is 2.00 bits per heavy atom. The molecule has 1 fully saturated rings. The molecular weight excluding hydrogens is 284 g/mol. The molecule has 0 unspecified atom stereocenters. The van der Waals surface area contributed by atoms with Crippen molar-refractivity contribution in [2.24, 2.45) is 5.73 Å². The van der Waals surface area contributed by atoms with Gasteiger partial charge < -0.3 is 11.1 Å². The van der Waals surface area contributed by atoms with Crippen molar-refractivity contribution >= 4 is 11.6 Å². The smallest absolute Gasteiger partial charge is 0.308 e. The Morgan fingerprint density at radius 1 is 1.33 bits per heavy atom. The topological polar surface area (TPSA) is 98.3 Å². The molecule has 1 aromatic rings. The molecule has 1 saturated carbocycles. The molecule has 0 aliphatic heterocycles. The first-order chi connectivity index (χ1) is 9.90. The largest absolute Gasteiger partial charge is 0.348 e. The van der Waals surface area contributed by atoms with Gasteiger partial charge in [0.2, 0.25) is 5.82 Å². The highest BCUT2D eigenvalue weighted by Crippen LogP contribution is 2.23. The van der Waals surface area contributed by atoms with Crippen LogP contribution in [0.25, 0.3) is 0 Å². The highest BCUT2D eigenvalue weighted by Gasteiger charge is 2.28. The van der Waals surface area contributed by atoms with Gasteiger partial charge >= 0.3 is 5.69 Å². The standard InChI is InChI=1S/C13H15F2N3O3/c14-7-5-8(12(15)11(6-7)18(20)21)13(19)17-10-4-2-1-3-9(10)16/h5-6,9-10H,1-4,16H2,(H,17,19)/t9-,10-/m1/s1. The zero-order valence-corrected chi connectivity index (χ0v) is 11.1. The van der Waals surface area contributed by atoms with E-state index < -0.39 is 33.7 Å². The monoisotopic (exact) mass is 299 g/mol. The molecular formula is C13H15F2N3O3. The maximum absolute atomic E-state index is 13.9. The van der Waals surface area contributed by atoms with Gasteiger partial charge in [-0.15, -0.1) is 0 Å². The van der Waals surface area contributed by atoms with Crippen LogP contribution in [0.5, 0.6) is 0 Å². The van der Waals surface area contributed by atoms with Crippen LogP contribution in [0, 0.1) is 21.7 Å². The van der Waals surface area contributed by atoms with Crippen LogP contribution < -0.4 is 11.1 Å². The van der Waals surface area contributed by atoms with E-state index in [2.05, 4.69) is 5.32 Å². The predicted octanol–water partition coefficient (Wildman–Crippen LogP) is 1.87. The molecule has 2 atom stereocenters. The Bertz CT molecular complexity index is 580. The second kappa shape index (κ2) is 6.13. The van der Waals surface area contributed by atoms with E-state index in [1.165, 1.54) is 0 Å². The number of carbonyl (C=O) groups is 1. The first-order valence-electron chi connectivity index (χ1n) is 6.60. The molecule has 0 spiro atoms. The molecule has 0 aromatic heterocycles. The number of benzene rings is 1. The van der Waals surface area contributed by atoms with Gasteiger partial charge in [0.05, 0.1) is 16.6 Å². The minimum atomic E-state index is -1.34. The summed E-state index contributed by atoms with van der Waals surface area (Å²) in [5.41, 5.74) is 4.12. The molecule has 1 aliphatic rings. The average Bonchev–Trinajstić information content (AvgIpc) is 2.43. The van der Waals surface area contributed by atoms with Crippen LogP contribution in [0.4, 0.5) is 14.5 Å². The van der Waals surface area contributed by atoms with Gasteiger partial charge in [0.1, 0.15) is 5.82 Å². The van der Waals surface area contributed by atoms with Crippen molar-refractivity contribution < 1.29 is 18.5 Å². The van der Waals surface area contributed by atoms with Crippen molar-refractivity contribution in [3.8, 4) is 0 Å². The molecule has 0 radical (unpaired) electrons. The Hall–Kier alpha value is -2.09. The summed E-state index contributed by atoms with van der Waals surface area (Å²) >= 11 is 0. The number of amides is 1. The van der Waals surface area contributed by atoms with Crippen molar-refractivity contribution in [1.82, 2.24) is 5.32 Å². The average molecular weight is 299 g/mol. The zero-order valence-electron chi connectivity index (χ0n) is 11.1. The number of hydrogen-bond donors (Lipinski definition) is 2. The number of hydrogen-bond acceptors (Lipinski definition) is 4. The number of nitrogens with one attached hydrogen (secondary N) is 1. The van der Waals surface area contributed by atoms with E-state index in [1.807, 2.05) is 0 Å². The number of nitro benzene ring substituents is 1. The summed E-state index contributed by atoms with van der Waals surface area (Å²) in [5, 5.41) is 13.2. The van der Waals surface area contributed by atoms with E-state index in [-0.39, 0.29) is 12.1 Å². The van der Waals surface area contributed by atoms with Gasteiger partial charge in [0.25, 0.3) is 5.91 Å². The fraction of sp³-hybridized carbons (Fsp3) is 0.462. The molecule has 3 N–H and O–H groups in total. The second-order valence-corrected chi connectivity index (χ2v) is 5.07. The van der Waals surface area contributed by atoms with Crippen LogP contribution in [0.3, 0.4) is 0 Å². The van der Waals surface area contributed by atoms with E-state index in [0.29, 0.717) is 18.6 Å². The third kappa shape index (κ3) is 3.33. The summed E-state index contributed by atoms with van der Waals surface area (Å²) in [4.78, 5) is 21.6. The molecule has 1 aliphatic carbocycles. The van der Waals surface area contributed by atoms with Crippen LogP contribution in [0.15, 0.2) is 12.1 Å². The number of nitrogens with zero attached hydrogens (tertiary/aromatic N) is 1. The van der Waals surface area contributed by atoms with Crippen LogP contribution >= 0.6 is 0 Å². The fourth-order valence-corrected chi connectivity index (χ4v) is 2.46. The van der Waals surface area contributed by atoms with Gasteiger partial charge in [-0.25, -0.2) is 4.39 Å². The number of rotatable bonds is 3. The van der Waals surface area contributed by atoms with Gasteiger partial charge in [-0.2, -0.15) is 4.39 Å². The first-order valence-corrected chi connectivity index (χ1v) is 6.60. The minimum absolute atomic E-state index is 0.255. The van der Waals surface area contributed by atoms with Crippen LogP contribution in [-0.4, -0.2) is 22.9 Å². The third-order valence-electron chi connectivity index (χ3n) is 3.60. The van der Waals surface area contributed by atoms with Crippen LogP contribution in [0.1, 0.15) is 36.0 Å². The zero-order chi connectivity index (χ0) is 15.6. The van der Waals surface area contributed by atoms with Crippen molar-refractivity contribution in [1.29, 1.82) is 0 Å². The van der Waals surface area contributed by atoms with Gasteiger partial charge in [-0.05, 0) is 18.9 Å².